The zero-order valence-corrected chi connectivity index (χ0v) is 10.3. The Morgan fingerprint density at radius 2 is 2.11 bits per heavy atom. The molecule has 0 aliphatic carbocycles. The van der Waals surface area contributed by atoms with Gasteiger partial charge in [0.05, 0.1) is 0 Å². The van der Waals surface area contributed by atoms with Gasteiger partial charge in [-0.25, -0.2) is 14.8 Å². The first-order chi connectivity index (χ1) is 8.54. The number of hydrogen-bond donors (Lipinski definition) is 2. The number of amides is 1. The Kier molecular flexibility index (Phi) is 5.04. The lowest BCUT2D eigenvalue weighted by Crippen LogP contribution is -2.35. The fourth-order valence-corrected chi connectivity index (χ4v) is 1.12. The highest BCUT2D eigenvalue weighted by molar-refractivity contribution is 5.93. The molecule has 0 saturated carbocycles. The van der Waals surface area contributed by atoms with Crippen molar-refractivity contribution < 1.29 is 14.3 Å². The molecule has 98 valence electrons. The first-order valence-corrected chi connectivity index (χ1v) is 5.57. The van der Waals surface area contributed by atoms with Crippen LogP contribution < -0.4 is 11.1 Å². The summed E-state index contributed by atoms with van der Waals surface area (Å²) in [5.41, 5.74) is 5.37. The van der Waals surface area contributed by atoms with Crippen LogP contribution in [0.1, 0.15) is 30.8 Å². The molecule has 1 atom stereocenters. The summed E-state index contributed by atoms with van der Waals surface area (Å²) in [7, 11) is 0. The summed E-state index contributed by atoms with van der Waals surface area (Å²) in [4.78, 5) is 30.4. The van der Waals surface area contributed by atoms with Gasteiger partial charge in [0, 0.05) is 18.4 Å². The topological polar surface area (TPSA) is 107 Å². The van der Waals surface area contributed by atoms with Crippen LogP contribution in [0.5, 0.6) is 0 Å². The van der Waals surface area contributed by atoms with Gasteiger partial charge >= 0.3 is 5.97 Å². The molecule has 1 heterocycles. The monoisotopic (exact) mass is 252 g/mol. The van der Waals surface area contributed by atoms with Gasteiger partial charge in [0.1, 0.15) is 0 Å². The van der Waals surface area contributed by atoms with Crippen LogP contribution in [-0.4, -0.2) is 34.5 Å². The highest BCUT2D eigenvalue weighted by Gasteiger charge is 2.15. The van der Waals surface area contributed by atoms with Crippen molar-refractivity contribution in [2.75, 3.05) is 12.3 Å². The number of rotatable bonds is 5. The van der Waals surface area contributed by atoms with Gasteiger partial charge in [0.15, 0.2) is 18.1 Å². The summed E-state index contributed by atoms with van der Waals surface area (Å²) >= 11 is 0. The average molecular weight is 252 g/mol. The molecule has 1 amide bonds. The minimum absolute atomic E-state index is 0.0233. The molecule has 0 saturated heterocycles. The summed E-state index contributed by atoms with van der Waals surface area (Å²) < 4.78 is 4.78. The lowest BCUT2D eigenvalue weighted by molar-refractivity contribution is -0.124. The van der Waals surface area contributed by atoms with Crippen LogP contribution in [0.15, 0.2) is 12.4 Å². The summed E-state index contributed by atoms with van der Waals surface area (Å²) in [6, 6.07) is 0.0396. The van der Waals surface area contributed by atoms with E-state index in [4.69, 9.17) is 10.5 Å². The maximum atomic E-state index is 11.5. The maximum absolute atomic E-state index is 11.5. The first-order valence-electron chi connectivity index (χ1n) is 5.57. The van der Waals surface area contributed by atoms with Gasteiger partial charge in [-0.2, -0.15) is 0 Å². The van der Waals surface area contributed by atoms with Crippen molar-refractivity contribution in [2.45, 2.75) is 26.3 Å². The molecule has 7 heteroatoms. The van der Waals surface area contributed by atoms with Gasteiger partial charge in [-0.3, -0.25) is 4.79 Å². The highest BCUT2D eigenvalue weighted by Crippen LogP contribution is 2.04. The Bertz CT molecular complexity index is 436. The van der Waals surface area contributed by atoms with Crippen molar-refractivity contribution >= 4 is 17.7 Å². The second-order valence-corrected chi connectivity index (χ2v) is 3.74. The van der Waals surface area contributed by atoms with E-state index in [1.165, 1.54) is 12.4 Å². The molecule has 0 radical (unpaired) electrons. The third-order valence-electron chi connectivity index (χ3n) is 2.27. The molecule has 0 fully saturated rings. The largest absolute Gasteiger partial charge is 0.451 e. The lowest BCUT2D eigenvalue weighted by atomic mass is 10.2. The van der Waals surface area contributed by atoms with E-state index < -0.39 is 5.97 Å². The Morgan fingerprint density at radius 1 is 1.44 bits per heavy atom. The molecule has 18 heavy (non-hydrogen) atoms. The number of carbonyl (C=O) groups excluding carboxylic acids is 2. The van der Waals surface area contributed by atoms with Crippen molar-refractivity contribution in [1.82, 2.24) is 15.3 Å². The third kappa shape index (κ3) is 4.00. The summed E-state index contributed by atoms with van der Waals surface area (Å²) in [5.74, 6) is -1.15. The van der Waals surface area contributed by atoms with Crippen molar-refractivity contribution in [1.29, 1.82) is 0 Å². The molecule has 1 aromatic rings. The molecule has 1 rings (SSSR count). The van der Waals surface area contributed by atoms with Gasteiger partial charge in [-0.1, -0.05) is 6.92 Å². The van der Waals surface area contributed by atoms with Crippen molar-refractivity contribution in [3.05, 3.63) is 18.1 Å². The highest BCUT2D eigenvalue weighted by atomic mass is 16.5. The molecule has 1 aromatic heterocycles. The maximum Gasteiger partial charge on any atom is 0.361 e. The van der Waals surface area contributed by atoms with E-state index in [0.717, 1.165) is 6.42 Å². The Morgan fingerprint density at radius 3 is 2.72 bits per heavy atom. The third-order valence-corrected chi connectivity index (χ3v) is 2.27. The van der Waals surface area contributed by atoms with E-state index in [1.807, 2.05) is 13.8 Å². The van der Waals surface area contributed by atoms with Gasteiger partial charge in [-0.15, -0.1) is 0 Å². The molecule has 0 unspecified atom stereocenters. The van der Waals surface area contributed by atoms with Crippen LogP contribution in [0.3, 0.4) is 0 Å². The second kappa shape index (κ2) is 6.53. The van der Waals surface area contributed by atoms with E-state index in [0.29, 0.717) is 0 Å². The predicted octanol–water partition coefficient (Wildman–Crippen LogP) is 0.130. The van der Waals surface area contributed by atoms with Gasteiger partial charge in [0.2, 0.25) is 0 Å². The van der Waals surface area contributed by atoms with E-state index in [2.05, 4.69) is 15.3 Å². The Balaban J connectivity index is 2.47. The van der Waals surface area contributed by atoms with Crippen LogP contribution in [0, 0.1) is 0 Å². The van der Waals surface area contributed by atoms with E-state index in [9.17, 15) is 9.59 Å². The zero-order chi connectivity index (χ0) is 13.5. The number of carbonyl (C=O) groups is 2. The lowest BCUT2D eigenvalue weighted by Gasteiger charge is -2.11. The molecule has 0 bridgehead atoms. The van der Waals surface area contributed by atoms with Gasteiger partial charge in [-0.05, 0) is 13.3 Å². The van der Waals surface area contributed by atoms with Crippen molar-refractivity contribution in [3.63, 3.8) is 0 Å². The molecule has 0 aliphatic heterocycles. The van der Waals surface area contributed by atoms with Gasteiger partial charge < -0.3 is 15.8 Å². The number of nitrogen functional groups attached to an aromatic ring is 1. The zero-order valence-electron chi connectivity index (χ0n) is 10.3. The molecule has 0 spiro atoms. The first kappa shape index (κ1) is 13.9. The fraction of sp³-hybridized carbons (Fsp3) is 0.455. The number of esters is 1. The Labute approximate surface area is 105 Å². The van der Waals surface area contributed by atoms with Crippen LogP contribution in [-0.2, 0) is 9.53 Å². The minimum Gasteiger partial charge on any atom is -0.451 e. The Hall–Kier alpha value is -2.18. The molecule has 0 aliphatic rings. The van der Waals surface area contributed by atoms with Crippen LogP contribution in [0.4, 0.5) is 5.82 Å². The second-order valence-electron chi connectivity index (χ2n) is 3.74. The van der Waals surface area contributed by atoms with Crippen LogP contribution in [0.25, 0.3) is 0 Å². The predicted molar refractivity (Wildman–Crippen MR) is 64.6 cm³/mol. The van der Waals surface area contributed by atoms with Crippen LogP contribution in [0.2, 0.25) is 0 Å². The molecular weight excluding hydrogens is 236 g/mol. The van der Waals surface area contributed by atoms with Crippen LogP contribution >= 0.6 is 0 Å². The molecule has 3 N–H and O–H groups in total. The van der Waals surface area contributed by atoms with E-state index >= 15 is 0 Å². The van der Waals surface area contributed by atoms with E-state index in [1.54, 1.807) is 0 Å². The number of nitrogens with zero attached hydrogens (tertiary/aromatic N) is 2. The summed E-state index contributed by atoms with van der Waals surface area (Å²) in [6.45, 7) is 3.44. The SMILES string of the molecule is CC[C@@H](C)NC(=O)COC(=O)c1nccnc1N. The number of nitrogens with one attached hydrogen (secondary N) is 1. The number of aromatic nitrogens is 2. The van der Waals surface area contributed by atoms with Gasteiger partial charge in [0.25, 0.3) is 5.91 Å². The molecule has 0 aromatic carbocycles. The molecule has 7 nitrogen and oxygen atoms in total. The normalized spacial score (nSPS) is 11.7. The minimum atomic E-state index is -0.764. The van der Waals surface area contributed by atoms with Crippen molar-refractivity contribution in [3.8, 4) is 0 Å². The summed E-state index contributed by atoms with van der Waals surface area (Å²) in [5, 5.41) is 2.67. The quantitative estimate of drug-likeness (QED) is 0.721. The number of ether oxygens (including phenoxy) is 1. The smallest absolute Gasteiger partial charge is 0.361 e. The van der Waals surface area contributed by atoms with E-state index in [-0.39, 0.29) is 30.1 Å². The average Bonchev–Trinajstić information content (AvgIpc) is 2.36. The number of nitrogens with two attached hydrogens (primary N) is 1. The standard InChI is InChI=1S/C11H16N4O3/c1-3-7(2)15-8(16)6-18-11(17)9-10(12)14-5-4-13-9/h4-5,7H,3,6H2,1-2H3,(H2,12,14)(H,15,16)/t7-/m1/s1. The number of anilines is 1. The fourth-order valence-electron chi connectivity index (χ4n) is 1.12. The molecular formula is C11H16N4O3. The summed E-state index contributed by atoms with van der Waals surface area (Å²) in [6.07, 6.45) is 3.49. The number of hydrogen-bond acceptors (Lipinski definition) is 6. The van der Waals surface area contributed by atoms with Crippen molar-refractivity contribution in [2.24, 2.45) is 0 Å².